The van der Waals surface area contributed by atoms with Crippen molar-refractivity contribution in [3.8, 4) is 0 Å². The van der Waals surface area contributed by atoms with Crippen LogP contribution in [0.4, 0.5) is 0 Å². The summed E-state index contributed by atoms with van der Waals surface area (Å²) in [6.45, 7) is 4.54. The van der Waals surface area contributed by atoms with Gasteiger partial charge in [0.15, 0.2) is 0 Å². The Morgan fingerprint density at radius 3 is 2.39 bits per heavy atom. The molecule has 5 rings (SSSR count). The fraction of sp³-hybridized carbons (Fsp3) is 0.310. The summed E-state index contributed by atoms with van der Waals surface area (Å²) in [5, 5.41) is 3.32. The van der Waals surface area contributed by atoms with Crippen LogP contribution in [0.2, 0.25) is 0 Å². The maximum absolute atomic E-state index is 13.7. The highest BCUT2D eigenvalue weighted by Crippen LogP contribution is 2.32. The van der Waals surface area contributed by atoms with Crippen molar-refractivity contribution in [2.45, 2.75) is 58.2 Å². The van der Waals surface area contributed by atoms with E-state index in [4.69, 9.17) is 0 Å². The van der Waals surface area contributed by atoms with E-state index in [0.29, 0.717) is 18.5 Å². The fourth-order valence-corrected chi connectivity index (χ4v) is 5.17. The van der Waals surface area contributed by atoms with Crippen molar-refractivity contribution >= 4 is 11.8 Å². The Bertz CT molecular complexity index is 1200. The van der Waals surface area contributed by atoms with Gasteiger partial charge in [-0.15, -0.1) is 0 Å². The molecule has 2 amide bonds. The molecule has 3 aromatic rings. The molecular formula is C29H30N2O2. The second-order valence-corrected chi connectivity index (χ2v) is 9.44. The first-order valence-electron chi connectivity index (χ1n) is 11.8. The SMILES string of the molecule is Cc1ccc(C(=O)N2Cc3ccccc3CC2C(=O)NC2CCCc3ccc(C)cc32)cc1. The molecule has 4 heteroatoms. The summed E-state index contributed by atoms with van der Waals surface area (Å²) in [5.74, 6) is -0.158. The van der Waals surface area contributed by atoms with Gasteiger partial charge in [-0.05, 0) is 67.5 Å². The van der Waals surface area contributed by atoms with Gasteiger partial charge in [-0.3, -0.25) is 9.59 Å². The van der Waals surface area contributed by atoms with Crippen molar-refractivity contribution in [1.82, 2.24) is 10.2 Å². The Morgan fingerprint density at radius 1 is 0.879 bits per heavy atom. The first-order valence-corrected chi connectivity index (χ1v) is 11.8. The predicted octanol–water partition coefficient (Wildman–Crippen LogP) is 5.06. The monoisotopic (exact) mass is 438 g/mol. The van der Waals surface area contributed by atoms with Crippen LogP contribution >= 0.6 is 0 Å². The molecule has 1 aliphatic heterocycles. The smallest absolute Gasteiger partial charge is 0.254 e. The molecule has 1 N–H and O–H groups in total. The van der Waals surface area contributed by atoms with Gasteiger partial charge in [0.05, 0.1) is 6.04 Å². The quantitative estimate of drug-likeness (QED) is 0.621. The van der Waals surface area contributed by atoms with Crippen molar-refractivity contribution in [1.29, 1.82) is 0 Å². The van der Waals surface area contributed by atoms with E-state index in [1.54, 1.807) is 4.90 Å². The number of fused-ring (bicyclic) bond motifs is 2. The van der Waals surface area contributed by atoms with Crippen molar-refractivity contribution in [3.05, 3.63) is 106 Å². The average Bonchev–Trinajstić information content (AvgIpc) is 2.83. The normalized spacial score (nSPS) is 19.4. The molecule has 33 heavy (non-hydrogen) atoms. The third-order valence-electron chi connectivity index (χ3n) is 7.04. The lowest BCUT2D eigenvalue weighted by Crippen LogP contribution is -2.53. The summed E-state index contributed by atoms with van der Waals surface area (Å²) in [7, 11) is 0. The highest BCUT2D eigenvalue weighted by molar-refractivity contribution is 5.98. The molecule has 0 radical (unpaired) electrons. The third-order valence-corrected chi connectivity index (χ3v) is 7.04. The molecule has 4 nitrogen and oxygen atoms in total. The highest BCUT2D eigenvalue weighted by atomic mass is 16.2. The second-order valence-electron chi connectivity index (χ2n) is 9.44. The molecule has 0 bridgehead atoms. The number of carbonyl (C=O) groups excluding carboxylic acids is 2. The van der Waals surface area contributed by atoms with E-state index < -0.39 is 6.04 Å². The van der Waals surface area contributed by atoms with Crippen LogP contribution in [0.15, 0.2) is 66.7 Å². The van der Waals surface area contributed by atoms with E-state index >= 15 is 0 Å². The van der Waals surface area contributed by atoms with E-state index in [-0.39, 0.29) is 17.9 Å². The molecule has 1 aliphatic carbocycles. The van der Waals surface area contributed by atoms with Crippen LogP contribution in [-0.4, -0.2) is 22.8 Å². The Hall–Kier alpha value is -3.40. The molecule has 2 unspecified atom stereocenters. The van der Waals surface area contributed by atoms with E-state index in [2.05, 4.69) is 42.6 Å². The number of nitrogens with one attached hydrogen (secondary N) is 1. The maximum Gasteiger partial charge on any atom is 0.254 e. The first kappa shape index (κ1) is 21.4. The first-order chi connectivity index (χ1) is 16.0. The number of rotatable bonds is 3. The van der Waals surface area contributed by atoms with Crippen LogP contribution in [0, 0.1) is 13.8 Å². The van der Waals surface area contributed by atoms with E-state index in [1.165, 1.54) is 16.7 Å². The van der Waals surface area contributed by atoms with Gasteiger partial charge in [0.25, 0.3) is 5.91 Å². The zero-order chi connectivity index (χ0) is 22.9. The minimum absolute atomic E-state index is 0.00496. The van der Waals surface area contributed by atoms with E-state index in [0.717, 1.165) is 36.0 Å². The van der Waals surface area contributed by atoms with Crippen LogP contribution in [0.5, 0.6) is 0 Å². The summed E-state index contributed by atoms with van der Waals surface area (Å²) in [4.78, 5) is 28.9. The van der Waals surface area contributed by atoms with Crippen LogP contribution in [-0.2, 0) is 24.2 Å². The number of carbonyl (C=O) groups is 2. The lowest BCUT2D eigenvalue weighted by Gasteiger charge is -2.37. The van der Waals surface area contributed by atoms with Gasteiger partial charge in [0.1, 0.15) is 6.04 Å². The lowest BCUT2D eigenvalue weighted by atomic mass is 9.86. The van der Waals surface area contributed by atoms with Crippen LogP contribution in [0.25, 0.3) is 0 Å². The standard InChI is InChI=1S/C29H30N2O2/c1-19-10-14-22(15-11-19)29(33)31-18-24-7-4-3-6-23(24)17-27(31)28(32)30-26-9-5-8-21-13-12-20(2)16-25(21)26/h3-4,6-7,10-16,26-27H,5,8-9,17-18H2,1-2H3,(H,30,32). The van der Waals surface area contributed by atoms with E-state index in [1.807, 2.05) is 43.3 Å². The highest BCUT2D eigenvalue weighted by Gasteiger charge is 2.36. The lowest BCUT2D eigenvalue weighted by molar-refractivity contribution is -0.127. The van der Waals surface area contributed by atoms with Crippen molar-refractivity contribution in [3.63, 3.8) is 0 Å². The largest absolute Gasteiger partial charge is 0.347 e. The van der Waals surface area contributed by atoms with Crippen molar-refractivity contribution < 1.29 is 9.59 Å². The zero-order valence-corrected chi connectivity index (χ0v) is 19.3. The molecule has 0 fully saturated rings. The molecule has 0 aromatic heterocycles. The van der Waals surface area contributed by atoms with Gasteiger partial charge < -0.3 is 10.2 Å². The van der Waals surface area contributed by atoms with Crippen molar-refractivity contribution in [2.75, 3.05) is 0 Å². The molecule has 0 saturated carbocycles. The summed E-state index contributed by atoms with van der Waals surface area (Å²) in [6.07, 6.45) is 3.57. The summed E-state index contributed by atoms with van der Waals surface area (Å²) in [6, 6.07) is 21.7. The Balaban J connectivity index is 1.44. The van der Waals surface area contributed by atoms with Gasteiger partial charge in [-0.2, -0.15) is 0 Å². The van der Waals surface area contributed by atoms with Gasteiger partial charge >= 0.3 is 0 Å². The molecule has 3 aromatic carbocycles. The summed E-state index contributed by atoms with van der Waals surface area (Å²) >= 11 is 0. The minimum Gasteiger partial charge on any atom is -0.347 e. The third kappa shape index (κ3) is 4.30. The molecule has 2 aliphatic rings. The number of aryl methyl sites for hydroxylation is 3. The number of benzene rings is 3. The van der Waals surface area contributed by atoms with Gasteiger partial charge in [-0.25, -0.2) is 0 Å². The fourth-order valence-electron chi connectivity index (χ4n) is 5.17. The average molecular weight is 439 g/mol. The van der Waals surface area contributed by atoms with Crippen LogP contribution in [0.3, 0.4) is 0 Å². The predicted molar refractivity (Wildman–Crippen MR) is 130 cm³/mol. The summed E-state index contributed by atoms with van der Waals surface area (Å²) in [5.41, 5.74) is 7.73. The number of hydrogen-bond acceptors (Lipinski definition) is 2. The molecule has 0 spiro atoms. The minimum atomic E-state index is -0.524. The Kier molecular flexibility index (Phi) is 5.76. The maximum atomic E-state index is 13.7. The molecule has 0 saturated heterocycles. The number of hydrogen-bond donors (Lipinski definition) is 1. The molecule has 2 atom stereocenters. The van der Waals surface area contributed by atoms with Crippen LogP contribution in [0.1, 0.15) is 62.6 Å². The van der Waals surface area contributed by atoms with Gasteiger partial charge in [0.2, 0.25) is 5.91 Å². The number of nitrogens with zero attached hydrogens (tertiary/aromatic N) is 1. The molecular weight excluding hydrogens is 408 g/mol. The van der Waals surface area contributed by atoms with Gasteiger partial charge in [0, 0.05) is 18.5 Å². The molecule has 168 valence electrons. The Morgan fingerprint density at radius 2 is 1.61 bits per heavy atom. The topological polar surface area (TPSA) is 49.4 Å². The van der Waals surface area contributed by atoms with Crippen LogP contribution < -0.4 is 5.32 Å². The number of amides is 2. The van der Waals surface area contributed by atoms with E-state index in [9.17, 15) is 9.59 Å². The van der Waals surface area contributed by atoms with Crippen molar-refractivity contribution in [2.24, 2.45) is 0 Å². The zero-order valence-electron chi connectivity index (χ0n) is 19.3. The van der Waals surface area contributed by atoms with Gasteiger partial charge in [-0.1, -0.05) is 65.7 Å². The second kappa shape index (κ2) is 8.86. The summed E-state index contributed by atoms with van der Waals surface area (Å²) < 4.78 is 0. The molecule has 1 heterocycles. The Labute approximate surface area is 195 Å².